The lowest BCUT2D eigenvalue weighted by Crippen LogP contribution is -2.66. The third kappa shape index (κ3) is 2.81. The van der Waals surface area contributed by atoms with Gasteiger partial charge < -0.3 is 5.32 Å². The minimum absolute atomic E-state index is 0.332. The molecule has 1 aromatic heterocycles. The lowest BCUT2D eigenvalue weighted by molar-refractivity contribution is 0.00489. The summed E-state index contributed by atoms with van der Waals surface area (Å²) in [5.41, 5.74) is 0.685. The molecule has 1 saturated carbocycles. The monoisotopic (exact) mass is 292 g/mol. The van der Waals surface area contributed by atoms with E-state index in [1.165, 1.54) is 24.3 Å². The van der Waals surface area contributed by atoms with Crippen LogP contribution in [0.25, 0.3) is 0 Å². The van der Waals surface area contributed by atoms with E-state index in [-0.39, 0.29) is 0 Å². The summed E-state index contributed by atoms with van der Waals surface area (Å²) in [5, 5.41) is 6.04. The van der Waals surface area contributed by atoms with Crippen LogP contribution in [0.2, 0.25) is 0 Å². The number of nitrogens with zero attached hydrogens (tertiary/aromatic N) is 1. The Balaban J connectivity index is 1.79. The van der Waals surface area contributed by atoms with E-state index >= 15 is 0 Å². The maximum Gasteiger partial charge on any atom is 0.0338 e. The summed E-state index contributed by atoms with van der Waals surface area (Å²) < 4.78 is 0. The molecule has 0 bridgehead atoms. The van der Waals surface area contributed by atoms with Crippen LogP contribution in [0.3, 0.4) is 0 Å². The van der Waals surface area contributed by atoms with Crippen LogP contribution in [0, 0.1) is 11.3 Å². The highest BCUT2D eigenvalue weighted by atomic mass is 32.1. The Labute approximate surface area is 127 Å². The highest BCUT2D eigenvalue weighted by Gasteiger charge is 2.49. The maximum absolute atomic E-state index is 3.84. The highest BCUT2D eigenvalue weighted by molar-refractivity contribution is 7.09. The van der Waals surface area contributed by atoms with Crippen molar-refractivity contribution in [1.82, 2.24) is 10.2 Å². The zero-order chi connectivity index (χ0) is 14.4. The van der Waals surface area contributed by atoms with Gasteiger partial charge in [-0.25, -0.2) is 0 Å². The van der Waals surface area contributed by atoms with E-state index in [9.17, 15) is 0 Å². The summed E-state index contributed by atoms with van der Waals surface area (Å²) in [7, 11) is 0. The van der Waals surface area contributed by atoms with Crippen molar-refractivity contribution < 1.29 is 0 Å². The topological polar surface area (TPSA) is 15.3 Å². The van der Waals surface area contributed by atoms with Crippen molar-refractivity contribution in [3.63, 3.8) is 0 Å². The predicted octanol–water partition coefficient (Wildman–Crippen LogP) is 3.74. The van der Waals surface area contributed by atoms with E-state index in [4.69, 9.17) is 0 Å². The highest BCUT2D eigenvalue weighted by Crippen LogP contribution is 2.45. The van der Waals surface area contributed by atoms with Crippen LogP contribution in [0.4, 0.5) is 0 Å². The van der Waals surface area contributed by atoms with Gasteiger partial charge in [0.1, 0.15) is 0 Å². The van der Waals surface area contributed by atoms with Crippen LogP contribution in [-0.2, 0) is 6.54 Å². The Bertz CT molecular complexity index is 444. The molecule has 20 heavy (non-hydrogen) atoms. The van der Waals surface area contributed by atoms with E-state index < -0.39 is 0 Å². The average Bonchev–Trinajstić information content (AvgIpc) is 3.11. The summed E-state index contributed by atoms with van der Waals surface area (Å²) >= 11 is 1.90. The maximum atomic E-state index is 3.84. The van der Waals surface area contributed by atoms with Gasteiger partial charge in [-0.1, -0.05) is 26.8 Å². The number of thiophene rings is 1. The molecule has 2 aliphatic rings. The molecule has 3 heteroatoms. The van der Waals surface area contributed by atoms with Crippen molar-refractivity contribution in [3.05, 3.63) is 22.4 Å². The molecule has 0 aromatic carbocycles. The van der Waals surface area contributed by atoms with Crippen molar-refractivity contribution in [3.8, 4) is 0 Å². The molecule has 1 aromatic rings. The molecule has 1 aliphatic carbocycles. The van der Waals surface area contributed by atoms with Crippen molar-refractivity contribution in [2.24, 2.45) is 11.3 Å². The zero-order valence-electron chi connectivity index (χ0n) is 13.3. The Morgan fingerprint density at radius 2 is 2.15 bits per heavy atom. The Morgan fingerprint density at radius 3 is 2.70 bits per heavy atom. The Kier molecular flexibility index (Phi) is 3.72. The molecule has 2 unspecified atom stereocenters. The first-order valence-corrected chi connectivity index (χ1v) is 8.78. The molecule has 3 rings (SSSR count). The molecule has 112 valence electrons. The van der Waals surface area contributed by atoms with E-state index in [1.54, 1.807) is 0 Å². The number of hydrogen-bond donors (Lipinski definition) is 1. The molecule has 1 saturated heterocycles. The van der Waals surface area contributed by atoms with Gasteiger partial charge in [0.25, 0.3) is 0 Å². The Hall–Kier alpha value is -0.380. The van der Waals surface area contributed by atoms with Gasteiger partial charge in [-0.05, 0) is 42.5 Å². The van der Waals surface area contributed by atoms with E-state index in [2.05, 4.69) is 55.4 Å². The van der Waals surface area contributed by atoms with Gasteiger partial charge in [-0.2, -0.15) is 0 Å². The van der Waals surface area contributed by atoms with Gasteiger partial charge in [0, 0.05) is 36.1 Å². The molecule has 0 amide bonds. The number of nitrogens with one attached hydrogen (secondary N) is 1. The fourth-order valence-electron chi connectivity index (χ4n) is 3.46. The van der Waals surface area contributed by atoms with E-state index in [1.807, 2.05) is 11.3 Å². The van der Waals surface area contributed by atoms with Crippen molar-refractivity contribution in [2.45, 2.75) is 58.7 Å². The average molecular weight is 292 g/mol. The van der Waals surface area contributed by atoms with Gasteiger partial charge in [-0.3, -0.25) is 4.90 Å². The van der Waals surface area contributed by atoms with Crippen LogP contribution in [0.15, 0.2) is 17.5 Å². The molecule has 2 atom stereocenters. The van der Waals surface area contributed by atoms with Crippen molar-refractivity contribution in [1.29, 1.82) is 0 Å². The smallest absolute Gasteiger partial charge is 0.0338 e. The van der Waals surface area contributed by atoms with Crippen LogP contribution in [-0.4, -0.2) is 29.6 Å². The second-order valence-electron chi connectivity index (χ2n) is 7.89. The largest absolute Gasteiger partial charge is 0.310 e. The third-order valence-electron chi connectivity index (χ3n) is 5.26. The first kappa shape index (κ1) is 14.6. The van der Waals surface area contributed by atoms with Gasteiger partial charge in [-0.15, -0.1) is 11.3 Å². The molecule has 0 radical (unpaired) electrons. The lowest BCUT2D eigenvalue weighted by Gasteiger charge is -2.51. The SMILES string of the molecule is CC(C)(C)C1CN(Cc2cccs2)C(C)(C2CC2)CN1. The van der Waals surface area contributed by atoms with E-state index in [0.717, 1.165) is 19.0 Å². The molecule has 2 fully saturated rings. The minimum atomic E-state index is 0.332. The van der Waals surface area contributed by atoms with Gasteiger partial charge in [0.15, 0.2) is 0 Å². The summed E-state index contributed by atoms with van der Waals surface area (Å²) in [4.78, 5) is 4.27. The first-order valence-electron chi connectivity index (χ1n) is 7.90. The normalized spacial score (nSPS) is 32.5. The molecular weight excluding hydrogens is 264 g/mol. The molecular formula is C17H28N2S. The van der Waals surface area contributed by atoms with Crippen LogP contribution >= 0.6 is 11.3 Å². The van der Waals surface area contributed by atoms with Gasteiger partial charge in [0.05, 0.1) is 0 Å². The summed E-state index contributed by atoms with van der Waals surface area (Å²) in [5.74, 6) is 0.899. The van der Waals surface area contributed by atoms with Gasteiger partial charge in [0.2, 0.25) is 0 Å². The number of rotatable bonds is 3. The first-order chi connectivity index (χ1) is 9.39. The summed E-state index contributed by atoms with van der Waals surface area (Å²) in [6.07, 6.45) is 2.83. The molecule has 1 N–H and O–H groups in total. The van der Waals surface area contributed by atoms with Crippen LogP contribution in [0.1, 0.15) is 45.4 Å². The molecule has 0 spiro atoms. The van der Waals surface area contributed by atoms with Crippen molar-refractivity contribution >= 4 is 11.3 Å². The zero-order valence-corrected chi connectivity index (χ0v) is 14.1. The number of hydrogen-bond acceptors (Lipinski definition) is 3. The van der Waals surface area contributed by atoms with Crippen molar-refractivity contribution in [2.75, 3.05) is 13.1 Å². The third-order valence-corrected chi connectivity index (χ3v) is 6.12. The second-order valence-corrected chi connectivity index (χ2v) is 8.92. The lowest BCUT2D eigenvalue weighted by atomic mass is 9.81. The fraction of sp³-hybridized carbons (Fsp3) is 0.765. The predicted molar refractivity (Wildman–Crippen MR) is 87.1 cm³/mol. The number of piperazine rings is 1. The molecule has 1 aliphatic heterocycles. The second kappa shape index (κ2) is 5.11. The quantitative estimate of drug-likeness (QED) is 0.913. The van der Waals surface area contributed by atoms with E-state index in [0.29, 0.717) is 17.0 Å². The van der Waals surface area contributed by atoms with Crippen LogP contribution in [0.5, 0.6) is 0 Å². The van der Waals surface area contributed by atoms with Crippen LogP contribution < -0.4 is 5.32 Å². The fourth-order valence-corrected chi connectivity index (χ4v) is 4.18. The summed E-state index contributed by atoms with van der Waals surface area (Å²) in [6, 6.07) is 5.05. The van der Waals surface area contributed by atoms with Gasteiger partial charge >= 0.3 is 0 Å². The summed E-state index contributed by atoms with van der Waals surface area (Å²) in [6.45, 7) is 13.0. The molecule has 2 nitrogen and oxygen atoms in total. The standard InChI is InChI=1S/C17H28N2S/c1-16(2,3)15-11-19(10-14-6-5-9-20-14)17(4,12-18-15)13-7-8-13/h5-6,9,13,15,18H,7-8,10-12H2,1-4H3. The Morgan fingerprint density at radius 1 is 1.40 bits per heavy atom. The minimum Gasteiger partial charge on any atom is -0.310 e. The molecule has 2 heterocycles.